The van der Waals surface area contributed by atoms with Crippen LogP contribution in [0.3, 0.4) is 0 Å². The third kappa shape index (κ3) is 11.0. The average molecular weight is 1050 g/mol. The number of aromatic carboxylic acids is 1. The van der Waals surface area contributed by atoms with Gasteiger partial charge in [0.25, 0.3) is 11.8 Å². The topological polar surface area (TPSA) is 228 Å². The molecule has 1 fully saturated rings. The molecule has 0 saturated carbocycles. The first-order valence-corrected chi connectivity index (χ1v) is 25.7. The largest absolute Gasteiger partial charge is 0.497 e. The van der Waals surface area contributed by atoms with Gasteiger partial charge in [0, 0.05) is 16.9 Å². The number of aromatic nitrogens is 2. The molecule has 2 aromatic heterocycles. The van der Waals surface area contributed by atoms with Gasteiger partial charge in [0.2, 0.25) is 11.6 Å². The van der Waals surface area contributed by atoms with Crippen molar-refractivity contribution in [1.29, 1.82) is 0 Å². The lowest BCUT2D eigenvalue weighted by molar-refractivity contribution is -0.154. The first-order chi connectivity index (χ1) is 34.6. The van der Waals surface area contributed by atoms with E-state index in [4.69, 9.17) is 24.0 Å². The highest BCUT2D eigenvalue weighted by atomic mass is 32.2. The highest BCUT2D eigenvalue weighted by Crippen LogP contribution is 2.44. The van der Waals surface area contributed by atoms with Gasteiger partial charge in [-0.15, -0.1) is 34.9 Å². The van der Waals surface area contributed by atoms with E-state index in [1.54, 1.807) is 50.4 Å². The molecule has 0 spiro atoms. The fourth-order valence-electron chi connectivity index (χ4n) is 7.69. The molecule has 4 aromatic carbocycles. The minimum atomic E-state index is -1.38. The van der Waals surface area contributed by atoms with Crippen LogP contribution < -0.4 is 15.4 Å². The number of ether oxygens (including phenoxy) is 3. The van der Waals surface area contributed by atoms with Gasteiger partial charge in [0.15, 0.2) is 10.8 Å². The number of hydrogen-bond acceptors (Lipinski definition) is 18. The van der Waals surface area contributed by atoms with Crippen LogP contribution in [0.4, 0.5) is 5.13 Å². The molecule has 8 rings (SSSR count). The number of oxime groups is 1. The number of thioether (sulfide) groups is 2. The molecule has 0 radical (unpaired) electrons. The van der Waals surface area contributed by atoms with Gasteiger partial charge in [0.1, 0.15) is 51.9 Å². The molecule has 2 atom stereocenters. The normalized spacial score (nSPS) is 15.7. The van der Waals surface area contributed by atoms with Crippen LogP contribution in [0.5, 0.6) is 11.6 Å². The lowest BCUT2D eigenvalue weighted by Gasteiger charge is -2.49. The van der Waals surface area contributed by atoms with Crippen LogP contribution in [-0.4, -0.2) is 95.5 Å². The van der Waals surface area contributed by atoms with Crippen LogP contribution in [-0.2, 0) is 45.6 Å². The molecule has 21 heteroatoms. The second-order valence-corrected chi connectivity index (χ2v) is 20.9. The summed E-state index contributed by atoms with van der Waals surface area (Å²) in [7, 11) is 1.53. The lowest BCUT2D eigenvalue weighted by atomic mass is 9.77. The van der Waals surface area contributed by atoms with Crippen LogP contribution in [0.2, 0.25) is 0 Å². The molecular weight excluding hydrogens is 1000 g/mol. The molecule has 0 bridgehead atoms. The van der Waals surface area contributed by atoms with Crippen LogP contribution in [0.1, 0.15) is 59.1 Å². The number of nitrogens with zero attached hydrogens (tertiary/aromatic N) is 4. The Hall–Kier alpha value is -7.46. The Kier molecular flexibility index (Phi) is 15.5. The van der Waals surface area contributed by atoms with E-state index in [1.165, 1.54) is 35.1 Å². The number of β-lactam (4-membered cyclic amide) rings is 1. The van der Waals surface area contributed by atoms with E-state index in [-0.39, 0.29) is 39.3 Å². The number of carboxylic acid groups (broad SMARTS) is 1. The number of amides is 2. The fourth-order valence-corrected chi connectivity index (χ4v) is 11.8. The molecule has 2 aliphatic heterocycles. The number of aromatic hydroxyl groups is 1. The van der Waals surface area contributed by atoms with Gasteiger partial charge < -0.3 is 39.9 Å². The van der Waals surface area contributed by atoms with Crippen molar-refractivity contribution in [2.24, 2.45) is 5.16 Å². The van der Waals surface area contributed by atoms with E-state index in [0.717, 1.165) is 40.0 Å². The summed E-state index contributed by atoms with van der Waals surface area (Å²) in [6.07, 6.45) is 0. The maximum atomic E-state index is 14.6. The highest BCUT2D eigenvalue weighted by Gasteiger charge is 2.55. The van der Waals surface area contributed by atoms with Gasteiger partial charge in [-0.05, 0) is 78.8 Å². The monoisotopic (exact) mass is 1050 g/mol. The number of hydrogen-bond donors (Lipinski definition) is 4. The molecule has 4 heterocycles. The van der Waals surface area contributed by atoms with Gasteiger partial charge >= 0.3 is 17.9 Å². The van der Waals surface area contributed by atoms with E-state index in [9.17, 15) is 34.2 Å². The number of esters is 2. The zero-order valence-corrected chi connectivity index (χ0v) is 42.3. The minimum Gasteiger partial charge on any atom is -0.497 e. The number of anilines is 1. The van der Waals surface area contributed by atoms with E-state index >= 15 is 0 Å². The predicted molar refractivity (Wildman–Crippen MR) is 274 cm³/mol. The molecule has 2 aliphatic rings. The number of carboxylic acids is 1. The lowest BCUT2D eigenvalue weighted by Crippen LogP contribution is -2.71. The van der Waals surface area contributed by atoms with Crippen LogP contribution >= 0.6 is 46.4 Å². The number of methoxy groups -OCH3 is 1. The number of fused-ring (bicyclic) bond motifs is 1. The fraction of sp³-hybridized carbons (Fsp3) is 0.216. The van der Waals surface area contributed by atoms with Crippen molar-refractivity contribution in [3.63, 3.8) is 0 Å². The molecule has 6 aromatic rings. The Bertz CT molecular complexity index is 2970. The number of thiazole rings is 1. The quantitative estimate of drug-likeness (QED) is 0.00876. The average Bonchev–Trinajstić information content (AvgIpc) is 4.01. The molecule has 1 saturated heterocycles. The Balaban J connectivity index is 1.10. The predicted octanol–water partition coefficient (Wildman–Crippen LogP) is 8.18. The summed E-state index contributed by atoms with van der Waals surface area (Å²) in [5.74, 6) is -5.04. The Morgan fingerprint density at radius 2 is 1.53 bits per heavy atom. The van der Waals surface area contributed by atoms with Gasteiger partial charge in [-0.1, -0.05) is 108 Å². The zero-order valence-electron chi connectivity index (χ0n) is 39.0. The van der Waals surface area contributed by atoms with Gasteiger partial charge in [0.05, 0.1) is 11.3 Å². The van der Waals surface area contributed by atoms with Crippen molar-refractivity contribution in [2.75, 3.05) is 23.9 Å². The van der Waals surface area contributed by atoms with E-state index in [0.29, 0.717) is 22.0 Å². The van der Waals surface area contributed by atoms with Crippen molar-refractivity contribution in [2.45, 2.75) is 54.1 Å². The first-order valence-electron chi connectivity index (χ1n) is 22.0. The van der Waals surface area contributed by atoms with Crippen molar-refractivity contribution >= 4 is 87.0 Å². The minimum absolute atomic E-state index is 0.0249. The van der Waals surface area contributed by atoms with E-state index < -0.39 is 69.6 Å². The van der Waals surface area contributed by atoms with Crippen LogP contribution in [0.15, 0.2) is 154 Å². The SMILES string of the molecule is C=C(O/N=C(\C(=O)N[C@@H]1C(=O)N2C(C(=O)OCc3ccc(OC)cc3)=C(CSc3snc(O)c3C(=O)O)CS[C@H]12)c1csc(NC(c2ccccc2)(c2ccccc2)c2ccccc2)n1)C(=O)OC(C)(C)C. The second kappa shape index (κ2) is 21.9. The van der Waals surface area contributed by atoms with Crippen molar-refractivity contribution in [1.82, 2.24) is 19.6 Å². The summed E-state index contributed by atoms with van der Waals surface area (Å²) < 4.78 is 20.4. The number of benzene rings is 4. The zero-order chi connectivity index (χ0) is 51.2. The molecule has 2 amide bonds. The second-order valence-electron chi connectivity index (χ2n) is 17.0. The summed E-state index contributed by atoms with van der Waals surface area (Å²) in [4.78, 5) is 79.4. The third-order valence-electron chi connectivity index (χ3n) is 11.0. The van der Waals surface area contributed by atoms with E-state index in [2.05, 4.69) is 26.7 Å². The highest BCUT2D eigenvalue weighted by molar-refractivity contribution is 8.02. The number of rotatable bonds is 19. The summed E-state index contributed by atoms with van der Waals surface area (Å²) in [5.41, 5.74) is 1.06. The summed E-state index contributed by atoms with van der Waals surface area (Å²) in [6.45, 7) is 8.51. The van der Waals surface area contributed by atoms with Gasteiger partial charge in [-0.25, -0.2) is 19.4 Å². The Morgan fingerprint density at radius 3 is 2.10 bits per heavy atom. The van der Waals surface area contributed by atoms with Crippen molar-refractivity contribution in [3.05, 3.63) is 178 Å². The summed E-state index contributed by atoms with van der Waals surface area (Å²) in [6, 6.07) is 35.1. The molecule has 17 nitrogen and oxygen atoms in total. The number of carbonyl (C=O) groups is 5. The Labute approximate surface area is 430 Å². The standard InChI is InChI=1S/C51H46N6O11S4/c1-29(46(63)67-50(2,3)4)68-55-38(36-28-71-49(52-36)54-51(32-15-9-6-10-16-32,33-17-11-7-12-18-33)34-19-13-8-14-20-34)42(59)53-39-43(60)57-40(47(64)66-25-30-21-23-35(65-5)24-22-30)31(26-69-44(39)57)27-70-48-37(45(61)62)41(58)56-72-48/h6-24,28,39,44H,1,25-27H2,2-5H3,(H,52,54)(H,53,59)(H,56,58)(H,61,62)/b55-38-/t39-,44-/m1/s1. The van der Waals surface area contributed by atoms with Crippen LogP contribution in [0, 0.1) is 0 Å². The smallest absolute Gasteiger partial charge is 0.376 e. The molecular formula is C51H46N6O11S4. The maximum absolute atomic E-state index is 14.6. The van der Waals surface area contributed by atoms with Crippen molar-refractivity contribution in [3.8, 4) is 11.6 Å². The molecule has 370 valence electrons. The number of carbonyl (C=O) groups excluding carboxylic acids is 4. The van der Waals surface area contributed by atoms with E-state index in [1.807, 2.05) is 91.0 Å². The van der Waals surface area contributed by atoms with Gasteiger partial charge in [-0.2, -0.15) is 4.37 Å². The summed E-state index contributed by atoms with van der Waals surface area (Å²) in [5, 5.41) is 31.5. The first kappa shape index (κ1) is 50.9. The van der Waals surface area contributed by atoms with Crippen molar-refractivity contribution < 1.29 is 53.2 Å². The summed E-state index contributed by atoms with van der Waals surface area (Å²) >= 11 is 4.25. The third-order valence-corrected chi connectivity index (χ3v) is 15.3. The number of nitrogens with one attached hydrogen (secondary N) is 2. The Morgan fingerprint density at radius 1 is 0.917 bits per heavy atom. The molecule has 4 N–H and O–H groups in total. The molecule has 72 heavy (non-hydrogen) atoms. The van der Waals surface area contributed by atoms with Gasteiger partial charge in [-0.3, -0.25) is 14.5 Å². The molecule has 0 aliphatic carbocycles. The van der Waals surface area contributed by atoms with Crippen LogP contribution in [0.25, 0.3) is 0 Å². The molecule has 0 unspecified atom stereocenters. The maximum Gasteiger partial charge on any atom is 0.376 e.